The number of rotatable bonds is 2. The minimum Gasteiger partial charge on any atom is -0.373 e. The van der Waals surface area contributed by atoms with Crippen LogP contribution in [0.5, 0.6) is 0 Å². The average Bonchev–Trinajstić information content (AvgIpc) is 3.12. The van der Waals surface area contributed by atoms with Gasteiger partial charge in [0.1, 0.15) is 16.4 Å². The molecule has 0 radical (unpaired) electrons. The van der Waals surface area contributed by atoms with Crippen LogP contribution in [0, 0.1) is 5.92 Å². The Hall–Kier alpha value is -2.80. The second-order valence-corrected chi connectivity index (χ2v) is 7.38. The van der Waals surface area contributed by atoms with Gasteiger partial charge in [0.25, 0.3) is 5.91 Å². The zero-order chi connectivity index (χ0) is 18.1. The molecule has 0 fully saturated rings. The lowest BCUT2D eigenvalue weighted by Crippen LogP contribution is -2.35. The normalized spacial score (nSPS) is 16.9. The van der Waals surface area contributed by atoms with Crippen molar-refractivity contribution < 1.29 is 4.79 Å². The van der Waals surface area contributed by atoms with Crippen LogP contribution in [0.15, 0.2) is 48.2 Å². The molecule has 26 heavy (non-hydrogen) atoms. The number of carbonyl (C=O) groups is 1. The van der Waals surface area contributed by atoms with Crippen molar-refractivity contribution in [2.75, 3.05) is 29.9 Å². The van der Waals surface area contributed by atoms with Gasteiger partial charge < -0.3 is 9.80 Å². The van der Waals surface area contributed by atoms with E-state index in [1.165, 1.54) is 11.3 Å². The van der Waals surface area contributed by atoms with E-state index < -0.39 is 0 Å². The highest BCUT2D eigenvalue weighted by Crippen LogP contribution is 2.34. The number of amides is 1. The molecule has 0 unspecified atom stereocenters. The Kier molecular flexibility index (Phi) is 4.38. The SMILES string of the molecule is C[C@H]1CN(C)c2ccccc2N(C(=O)c2csc(-c3cnccn3)n2)C1. The highest BCUT2D eigenvalue weighted by Gasteiger charge is 2.28. The zero-order valence-electron chi connectivity index (χ0n) is 14.7. The van der Waals surface area contributed by atoms with Gasteiger partial charge in [-0.1, -0.05) is 19.1 Å². The van der Waals surface area contributed by atoms with Gasteiger partial charge in [0.05, 0.1) is 17.6 Å². The molecule has 7 heteroatoms. The molecule has 1 aliphatic rings. The van der Waals surface area contributed by atoms with Crippen LogP contribution in [0.4, 0.5) is 11.4 Å². The Morgan fingerprint density at radius 3 is 2.77 bits per heavy atom. The fourth-order valence-corrected chi connectivity index (χ4v) is 4.03. The fraction of sp³-hybridized carbons (Fsp3) is 0.263. The van der Waals surface area contributed by atoms with Crippen molar-refractivity contribution in [3.05, 3.63) is 53.9 Å². The highest BCUT2D eigenvalue weighted by atomic mass is 32.1. The lowest BCUT2D eigenvalue weighted by atomic mass is 10.1. The minimum absolute atomic E-state index is 0.0778. The van der Waals surface area contributed by atoms with Crippen LogP contribution >= 0.6 is 11.3 Å². The molecule has 6 nitrogen and oxygen atoms in total. The second-order valence-electron chi connectivity index (χ2n) is 6.52. The third-order valence-corrected chi connectivity index (χ3v) is 5.28. The number of fused-ring (bicyclic) bond motifs is 1. The summed E-state index contributed by atoms with van der Waals surface area (Å²) in [6.07, 6.45) is 4.90. The maximum atomic E-state index is 13.2. The summed E-state index contributed by atoms with van der Waals surface area (Å²) in [4.78, 5) is 30.1. The molecular formula is C19H19N5OS. The van der Waals surface area contributed by atoms with Crippen LogP contribution in [0.1, 0.15) is 17.4 Å². The second kappa shape index (κ2) is 6.84. The molecular weight excluding hydrogens is 346 g/mol. The van der Waals surface area contributed by atoms with E-state index in [1.807, 2.05) is 23.1 Å². The first-order chi connectivity index (χ1) is 12.6. The summed E-state index contributed by atoms with van der Waals surface area (Å²) < 4.78 is 0. The topological polar surface area (TPSA) is 62.2 Å². The van der Waals surface area contributed by atoms with Crippen LogP contribution in [-0.4, -0.2) is 41.0 Å². The predicted octanol–water partition coefficient (Wildman–Crippen LogP) is 3.33. The molecule has 0 saturated carbocycles. The molecule has 3 heterocycles. The molecule has 0 spiro atoms. The molecule has 0 aliphatic carbocycles. The van der Waals surface area contributed by atoms with Crippen molar-refractivity contribution >= 4 is 28.6 Å². The molecule has 1 aromatic carbocycles. The van der Waals surface area contributed by atoms with Gasteiger partial charge in [-0.05, 0) is 18.1 Å². The van der Waals surface area contributed by atoms with Crippen molar-refractivity contribution in [2.45, 2.75) is 6.92 Å². The molecule has 132 valence electrons. The van der Waals surface area contributed by atoms with Crippen molar-refractivity contribution in [1.29, 1.82) is 0 Å². The fourth-order valence-electron chi connectivity index (χ4n) is 3.28. The number of benzene rings is 1. The van der Waals surface area contributed by atoms with Crippen LogP contribution < -0.4 is 9.80 Å². The Balaban J connectivity index is 1.69. The molecule has 0 N–H and O–H groups in total. The lowest BCUT2D eigenvalue weighted by Gasteiger charge is -2.23. The Morgan fingerprint density at radius 2 is 2.00 bits per heavy atom. The van der Waals surface area contributed by atoms with Gasteiger partial charge in [0, 0.05) is 37.9 Å². The van der Waals surface area contributed by atoms with Crippen LogP contribution in [0.25, 0.3) is 10.7 Å². The molecule has 3 aromatic rings. The first kappa shape index (κ1) is 16.7. The smallest absolute Gasteiger partial charge is 0.277 e. The van der Waals surface area contributed by atoms with Gasteiger partial charge in [0.15, 0.2) is 0 Å². The maximum Gasteiger partial charge on any atom is 0.277 e. The largest absolute Gasteiger partial charge is 0.373 e. The third kappa shape index (κ3) is 3.06. The quantitative estimate of drug-likeness (QED) is 0.697. The van der Waals surface area contributed by atoms with Gasteiger partial charge in [-0.3, -0.25) is 14.8 Å². The van der Waals surface area contributed by atoms with E-state index in [9.17, 15) is 4.79 Å². The highest BCUT2D eigenvalue weighted by molar-refractivity contribution is 7.13. The van der Waals surface area contributed by atoms with Crippen LogP contribution in [0.2, 0.25) is 0 Å². The minimum atomic E-state index is -0.0778. The summed E-state index contributed by atoms with van der Waals surface area (Å²) in [5.74, 6) is 0.278. The van der Waals surface area contributed by atoms with Crippen LogP contribution in [-0.2, 0) is 0 Å². The Morgan fingerprint density at radius 1 is 1.19 bits per heavy atom. The molecule has 1 aliphatic heterocycles. The molecule has 0 saturated heterocycles. The number of para-hydroxylation sites is 2. The van der Waals surface area contributed by atoms with Crippen molar-refractivity contribution in [3.8, 4) is 10.7 Å². The van der Waals surface area contributed by atoms with E-state index in [4.69, 9.17) is 0 Å². The standard InChI is InChI=1S/C19H19N5OS/c1-13-10-23(2)16-5-3-4-6-17(16)24(11-13)19(25)15-12-26-18(22-15)14-9-20-7-8-21-14/h3-9,12-13H,10-11H2,1-2H3/t13-/m0/s1. The monoisotopic (exact) mass is 365 g/mol. The van der Waals surface area contributed by atoms with Crippen LogP contribution in [0.3, 0.4) is 0 Å². The number of anilines is 2. The van der Waals surface area contributed by atoms with E-state index in [-0.39, 0.29) is 5.91 Å². The van der Waals surface area contributed by atoms with E-state index >= 15 is 0 Å². The predicted molar refractivity (Wildman–Crippen MR) is 104 cm³/mol. The number of thiazole rings is 1. The van der Waals surface area contributed by atoms with E-state index in [0.29, 0.717) is 28.9 Å². The number of carbonyl (C=O) groups excluding carboxylic acids is 1. The average molecular weight is 365 g/mol. The van der Waals surface area contributed by atoms with E-state index in [2.05, 4.69) is 39.9 Å². The van der Waals surface area contributed by atoms with Crippen molar-refractivity contribution in [3.63, 3.8) is 0 Å². The Bertz CT molecular complexity index is 926. The maximum absolute atomic E-state index is 13.2. The molecule has 1 amide bonds. The summed E-state index contributed by atoms with van der Waals surface area (Å²) in [7, 11) is 2.07. The molecule has 1 atom stereocenters. The van der Waals surface area contributed by atoms with Crippen molar-refractivity contribution in [2.24, 2.45) is 5.92 Å². The summed E-state index contributed by atoms with van der Waals surface area (Å²) in [6.45, 7) is 3.73. The molecule has 0 bridgehead atoms. The van der Waals surface area contributed by atoms with Gasteiger partial charge in [-0.15, -0.1) is 11.3 Å². The molecule has 4 rings (SSSR count). The van der Waals surface area contributed by atoms with E-state index in [1.54, 1.807) is 24.0 Å². The number of hydrogen-bond acceptors (Lipinski definition) is 6. The zero-order valence-corrected chi connectivity index (χ0v) is 15.5. The first-order valence-electron chi connectivity index (χ1n) is 8.47. The number of nitrogens with zero attached hydrogens (tertiary/aromatic N) is 5. The summed E-state index contributed by atoms with van der Waals surface area (Å²) in [5.41, 5.74) is 3.12. The van der Waals surface area contributed by atoms with Gasteiger partial charge in [-0.25, -0.2) is 4.98 Å². The first-order valence-corrected chi connectivity index (χ1v) is 9.35. The van der Waals surface area contributed by atoms with Gasteiger partial charge in [0.2, 0.25) is 0 Å². The summed E-state index contributed by atoms with van der Waals surface area (Å²) in [5, 5.41) is 2.50. The van der Waals surface area contributed by atoms with Gasteiger partial charge >= 0.3 is 0 Å². The van der Waals surface area contributed by atoms with Gasteiger partial charge in [-0.2, -0.15) is 0 Å². The third-order valence-electron chi connectivity index (χ3n) is 4.41. The number of aromatic nitrogens is 3. The van der Waals surface area contributed by atoms with E-state index in [0.717, 1.165) is 17.9 Å². The number of hydrogen-bond donors (Lipinski definition) is 0. The Labute approximate surface area is 156 Å². The summed E-state index contributed by atoms with van der Waals surface area (Å²) in [6, 6.07) is 8.02. The lowest BCUT2D eigenvalue weighted by molar-refractivity contribution is 0.0980. The summed E-state index contributed by atoms with van der Waals surface area (Å²) >= 11 is 1.41. The molecule has 2 aromatic heterocycles. The van der Waals surface area contributed by atoms with Crippen molar-refractivity contribution in [1.82, 2.24) is 15.0 Å².